The summed E-state index contributed by atoms with van der Waals surface area (Å²) in [5.74, 6) is 0.941. The predicted octanol–water partition coefficient (Wildman–Crippen LogP) is 1.56. The summed E-state index contributed by atoms with van der Waals surface area (Å²) in [6.07, 6.45) is 3.64. The molecule has 2 aromatic rings. The Hall–Kier alpha value is -2.21. The van der Waals surface area contributed by atoms with E-state index in [2.05, 4.69) is 10.3 Å². The molecule has 18 heavy (non-hydrogen) atoms. The maximum absolute atomic E-state index is 10.6. The summed E-state index contributed by atoms with van der Waals surface area (Å²) in [5, 5.41) is 13.6. The number of hydrogen-bond donors (Lipinski definition) is 1. The Bertz CT molecular complexity index is 533. The molecule has 0 fully saturated rings. The van der Waals surface area contributed by atoms with Gasteiger partial charge in [-0.05, 0) is 12.6 Å². The van der Waals surface area contributed by atoms with Crippen LogP contribution in [0.1, 0.15) is 11.4 Å². The third kappa shape index (κ3) is 2.72. The molecule has 0 saturated carbocycles. The Morgan fingerprint density at radius 2 is 2.11 bits per heavy atom. The molecule has 0 atom stereocenters. The fourth-order valence-electron chi connectivity index (χ4n) is 1.73. The molecule has 0 aliphatic heterocycles. The van der Waals surface area contributed by atoms with Gasteiger partial charge in [0.05, 0.1) is 11.5 Å². The van der Waals surface area contributed by atoms with Gasteiger partial charge in [-0.1, -0.05) is 12.1 Å². The van der Waals surface area contributed by atoms with Crippen LogP contribution in [0.3, 0.4) is 0 Å². The Morgan fingerprint density at radius 1 is 1.39 bits per heavy atom. The molecule has 0 aliphatic carbocycles. The van der Waals surface area contributed by atoms with Crippen LogP contribution in [-0.4, -0.2) is 21.5 Å². The standard InChI is InChI=1S/C12H14N4O2/c1-13-8-12-14-6-7-15(12)9-10-2-4-11(5-3-10)16(17)18/h2-7,13H,8-9H2,1H3. The minimum Gasteiger partial charge on any atom is -0.329 e. The number of imidazole rings is 1. The Kier molecular flexibility index (Phi) is 3.69. The molecule has 0 radical (unpaired) electrons. The highest BCUT2D eigenvalue weighted by Gasteiger charge is 2.06. The molecule has 0 aliphatic rings. The van der Waals surface area contributed by atoms with E-state index in [1.54, 1.807) is 18.3 Å². The first-order valence-electron chi connectivity index (χ1n) is 5.58. The summed E-state index contributed by atoms with van der Waals surface area (Å²) in [6.45, 7) is 1.36. The van der Waals surface area contributed by atoms with Crippen LogP contribution in [0, 0.1) is 10.1 Å². The van der Waals surface area contributed by atoms with Crippen molar-refractivity contribution in [3.63, 3.8) is 0 Å². The molecule has 1 heterocycles. The van der Waals surface area contributed by atoms with E-state index in [0.717, 1.165) is 11.4 Å². The predicted molar refractivity (Wildman–Crippen MR) is 67.2 cm³/mol. The SMILES string of the molecule is CNCc1nccn1Cc1ccc([N+](=O)[O-])cc1. The van der Waals surface area contributed by atoms with E-state index in [1.807, 2.05) is 17.8 Å². The van der Waals surface area contributed by atoms with Crippen LogP contribution in [0.2, 0.25) is 0 Å². The summed E-state index contributed by atoms with van der Waals surface area (Å²) in [5.41, 5.74) is 1.12. The first-order chi connectivity index (χ1) is 8.70. The number of nitrogens with one attached hydrogen (secondary N) is 1. The molecule has 94 valence electrons. The second-order valence-corrected chi connectivity index (χ2v) is 3.93. The fourth-order valence-corrected chi connectivity index (χ4v) is 1.73. The van der Waals surface area contributed by atoms with Gasteiger partial charge < -0.3 is 9.88 Å². The smallest absolute Gasteiger partial charge is 0.269 e. The molecule has 0 amide bonds. The Labute approximate surface area is 104 Å². The van der Waals surface area contributed by atoms with Crippen molar-refractivity contribution in [3.8, 4) is 0 Å². The molecule has 1 aromatic heterocycles. The van der Waals surface area contributed by atoms with Gasteiger partial charge in [-0.15, -0.1) is 0 Å². The first kappa shape index (κ1) is 12.3. The number of nitro groups is 1. The third-order valence-corrected chi connectivity index (χ3v) is 2.64. The van der Waals surface area contributed by atoms with Crippen LogP contribution in [0.4, 0.5) is 5.69 Å². The molecule has 0 bridgehead atoms. The van der Waals surface area contributed by atoms with E-state index in [4.69, 9.17) is 0 Å². The van der Waals surface area contributed by atoms with Crippen molar-refractivity contribution < 1.29 is 4.92 Å². The zero-order valence-electron chi connectivity index (χ0n) is 10.0. The summed E-state index contributed by atoms with van der Waals surface area (Å²) in [6, 6.07) is 6.57. The molecular formula is C12H14N4O2. The van der Waals surface area contributed by atoms with Crippen molar-refractivity contribution in [1.29, 1.82) is 0 Å². The Morgan fingerprint density at radius 3 is 2.72 bits per heavy atom. The van der Waals surface area contributed by atoms with Gasteiger partial charge in [0.1, 0.15) is 5.82 Å². The largest absolute Gasteiger partial charge is 0.329 e. The van der Waals surface area contributed by atoms with Crippen LogP contribution in [0.15, 0.2) is 36.7 Å². The lowest BCUT2D eigenvalue weighted by atomic mass is 10.2. The number of nitro benzene ring substituents is 1. The lowest BCUT2D eigenvalue weighted by Crippen LogP contribution is -2.12. The number of nitrogens with zero attached hydrogens (tertiary/aromatic N) is 3. The monoisotopic (exact) mass is 246 g/mol. The normalized spacial score (nSPS) is 10.5. The van der Waals surface area contributed by atoms with Gasteiger partial charge in [-0.25, -0.2) is 4.98 Å². The Balaban J connectivity index is 2.13. The van der Waals surface area contributed by atoms with Crippen molar-refractivity contribution in [2.24, 2.45) is 0 Å². The van der Waals surface area contributed by atoms with E-state index in [-0.39, 0.29) is 5.69 Å². The summed E-state index contributed by atoms with van der Waals surface area (Å²) in [7, 11) is 1.87. The maximum atomic E-state index is 10.6. The first-order valence-corrected chi connectivity index (χ1v) is 5.58. The number of benzene rings is 1. The quantitative estimate of drug-likeness (QED) is 0.641. The lowest BCUT2D eigenvalue weighted by Gasteiger charge is -2.07. The fraction of sp³-hybridized carbons (Fsp3) is 0.250. The summed E-state index contributed by atoms with van der Waals surface area (Å²) < 4.78 is 2.01. The second kappa shape index (κ2) is 5.42. The van der Waals surface area contributed by atoms with E-state index >= 15 is 0 Å². The van der Waals surface area contributed by atoms with Gasteiger partial charge in [0.15, 0.2) is 0 Å². The van der Waals surface area contributed by atoms with Gasteiger partial charge >= 0.3 is 0 Å². The molecule has 6 nitrogen and oxygen atoms in total. The average molecular weight is 246 g/mol. The number of non-ortho nitro benzene ring substituents is 1. The molecular weight excluding hydrogens is 232 g/mol. The minimum absolute atomic E-state index is 0.111. The highest BCUT2D eigenvalue weighted by Crippen LogP contribution is 2.13. The molecule has 2 rings (SSSR count). The minimum atomic E-state index is -0.395. The molecule has 1 N–H and O–H groups in total. The van der Waals surface area contributed by atoms with Crippen LogP contribution >= 0.6 is 0 Å². The number of rotatable bonds is 5. The van der Waals surface area contributed by atoms with Crippen molar-refractivity contribution in [2.45, 2.75) is 13.1 Å². The van der Waals surface area contributed by atoms with Crippen molar-refractivity contribution >= 4 is 5.69 Å². The van der Waals surface area contributed by atoms with Gasteiger partial charge in [-0.3, -0.25) is 10.1 Å². The van der Waals surface area contributed by atoms with E-state index < -0.39 is 4.92 Å². The molecule has 0 unspecified atom stereocenters. The van der Waals surface area contributed by atoms with Crippen molar-refractivity contribution in [1.82, 2.24) is 14.9 Å². The molecule has 6 heteroatoms. The highest BCUT2D eigenvalue weighted by atomic mass is 16.6. The number of aromatic nitrogens is 2. The van der Waals surface area contributed by atoms with E-state index in [0.29, 0.717) is 13.1 Å². The van der Waals surface area contributed by atoms with E-state index in [1.165, 1.54) is 12.1 Å². The van der Waals surface area contributed by atoms with Gasteiger partial charge in [-0.2, -0.15) is 0 Å². The lowest BCUT2D eigenvalue weighted by molar-refractivity contribution is -0.384. The number of hydrogen-bond acceptors (Lipinski definition) is 4. The third-order valence-electron chi connectivity index (χ3n) is 2.64. The van der Waals surface area contributed by atoms with Crippen LogP contribution in [-0.2, 0) is 13.1 Å². The zero-order chi connectivity index (χ0) is 13.0. The van der Waals surface area contributed by atoms with E-state index in [9.17, 15) is 10.1 Å². The van der Waals surface area contributed by atoms with Crippen molar-refractivity contribution in [2.75, 3.05) is 7.05 Å². The highest BCUT2D eigenvalue weighted by molar-refractivity contribution is 5.33. The summed E-state index contributed by atoms with van der Waals surface area (Å²) >= 11 is 0. The molecule has 0 saturated heterocycles. The van der Waals surface area contributed by atoms with Gasteiger partial charge in [0.2, 0.25) is 0 Å². The zero-order valence-corrected chi connectivity index (χ0v) is 10.0. The maximum Gasteiger partial charge on any atom is 0.269 e. The topological polar surface area (TPSA) is 73.0 Å². The van der Waals surface area contributed by atoms with Crippen LogP contribution in [0.5, 0.6) is 0 Å². The molecule has 0 spiro atoms. The average Bonchev–Trinajstić information content (AvgIpc) is 2.78. The summed E-state index contributed by atoms with van der Waals surface area (Å²) in [4.78, 5) is 14.4. The van der Waals surface area contributed by atoms with Crippen LogP contribution < -0.4 is 5.32 Å². The molecule has 1 aromatic carbocycles. The van der Waals surface area contributed by atoms with Gasteiger partial charge in [0, 0.05) is 31.1 Å². The van der Waals surface area contributed by atoms with Crippen molar-refractivity contribution in [3.05, 3.63) is 58.2 Å². The second-order valence-electron chi connectivity index (χ2n) is 3.93. The van der Waals surface area contributed by atoms with Crippen LogP contribution in [0.25, 0.3) is 0 Å². The van der Waals surface area contributed by atoms with Gasteiger partial charge in [0.25, 0.3) is 5.69 Å².